The molecule has 0 saturated heterocycles. The Bertz CT molecular complexity index is 828. The normalized spacial score (nSPS) is 11.0. The van der Waals surface area contributed by atoms with E-state index in [1.165, 1.54) is 7.11 Å². The molecular weight excluding hydrogens is 282 g/mol. The summed E-state index contributed by atoms with van der Waals surface area (Å²) >= 11 is 0. The minimum Gasteiger partial charge on any atom is -0.465 e. The first-order valence-corrected chi connectivity index (χ1v) is 7.11. The number of para-hydroxylation sites is 1. The summed E-state index contributed by atoms with van der Waals surface area (Å²) in [6, 6.07) is 7.76. The molecule has 0 bridgehead atoms. The molecule has 0 fully saturated rings. The molecule has 0 aliphatic rings. The van der Waals surface area contributed by atoms with Crippen LogP contribution in [0.25, 0.3) is 21.8 Å². The summed E-state index contributed by atoms with van der Waals surface area (Å²) in [6.45, 7) is 4.18. The molecule has 0 saturated carbocycles. The number of hydrogen-bond acceptors (Lipinski definition) is 4. The van der Waals surface area contributed by atoms with Gasteiger partial charge in [-0.1, -0.05) is 24.3 Å². The number of furan rings is 1. The topological polar surface area (TPSA) is 64.5 Å². The van der Waals surface area contributed by atoms with Crippen LogP contribution in [0.15, 0.2) is 41.3 Å². The lowest BCUT2D eigenvalue weighted by atomic mass is 10.2. The number of methoxy groups -OCH3 is 1. The molecule has 0 unspecified atom stereocenters. The molecule has 0 atom stereocenters. The fraction of sp³-hybridized carbons (Fsp3) is 0.235. The molecule has 114 valence electrons. The van der Waals surface area contributed by atoms with Gasteiger partial charge in [-0.25, -0.2) is 4.79 Å². The lowest BCUT2D eigenvalue weighted by molar-refractivity contribution is 0.0559. The standard InChI is InChI=1S/C17H17NO4/c1-3-4-7-10-21-17-13-11-8-5-6-9-12(11)18-14(13)15(22-17)16(19)20-2/h3,5-6,8-9,18H,1,4,7,10H2,2H3. The van der Waals surface area contributed by atoms with E-state index in [1.807, 2.05) is 30.3 Å². The van der Waals surface area contributed by atoms with Gasteiger partial charge in [-0.3, -0.25) is 0 Å². The quantitative estimate of drug-likeness (QED) is 0.424. The van der Waals surface area contributed by atoms with E-state index < -0.39 is 5.97 Å². The number of carbonyl (C=O) groups is 1. The molecule has 1 N–H and O–H groups in total. The Labute approximate surface area is 127 Å². The zero-order valence-corrected chi connectivity index (χ0v) is 12.3. The first-order chi connectivity index (χ1) is 10.8. The van der Waals surface area contributed by atoms with Gasteiger partial charge in [-0.2, -0.15) is 0 Å². The molecule has 0 radical (unpaired) electrons. The number of aromatic amines is 1. The first kappa shape index (κ1) is 14.3. The number of aromatic nitrogens is 1. The van der Waals surface area contributed by atoms with Crippen LogP contribution in [0.5, 0.6) is 5.95 Å². The smallest absolute Gasteiger partial charge is 0.376 e. The summed E-state index contributed by atoms with van der Waals surface area (Å²) in [7, 11) is 1.32. The van der Waals surface area contributed by atoms with Crippen molar-refractivity contribution in [2.24, 2.45) is 0 Å². The molecule has 3 aromatic rings. The van der Waals surface area contributed by atoms with Crippen molar-refractivity contribution in [3.63, 3.8) is 0 Å². The number of nitrogens with one attached hydrogen (secondary N) is 1. The lowest BCUT2D eigenvalue weighted by Crippen LogP contribution is -2.00. The zero-order valence-electron chi connectivity index (χ0n) is 12.3. The predicted octanol–water partition coefficient (Wildman–Crippen LogP) is 4.05. The van der Waals surface area contributed by atoms with Crippen molar-refractivity contribution in [3.05, 3.63) is 42.7 Å². The van der Waals surface area contributed by atoms with Crippen molar-refractivity contribution < 1.29 is 18.7 Å². The number of allylic oxidation sites excluding steroid dienone is 1. The SMILES string of the molecule is C=CCCCOc1oc(C(=O)OC)c2[nH]c3ccccc3c12. The van der Waals surface area contributed by atoms with Crippen molar-refractivity contribution in [2.45, 2.75) is 12.8 Å². The van der Waals surface area contributed by atoms with Crippen molar-refractivity contribution in [1.82, 2.24) is 4.98 Å². The van der Waals surface area contributed by atoms with Crippen LogP contribution in [-0.2, 0) is 4.74 Å². The summed E-state index contributed by atoms with van der Waals surface area (Å²) in [5, 5.41) is 1.73. The third kappa shape index (κ3) is 2.35. The van der Waals surface area contributed by atoms with E-state index in [9.17, 15) is 4.79 Å². The maximum Gasteiger partial charge on any atom is 0.376 e. The Hall–Kier alpha value is -2.69. The highest BCUT2D eigenvalue weighted by molar-refractivity contribution is 6.15. The second kappa shape index (κ2) is 5.97. The van der Waals surface area contributed by atoms with Gasteiger partial charge in [-0.05, 0) is 18.9 Å². The lowest BCUT2D eigenvalue weighted by Gasteiger charge is -2.02. The Morgan fingerprint density at radius 2 is 2.23 bits per heavy atom. The van der Waals surface area contributed by atoms with Gasteiger partial charge < -0.3 is 18.9 Å². The van der Waals surface area contributed by atoms with E-state index in [2.05, 4.69) is 11.6 Å². The highest BCUT2D eigenvalue weighted by atomic mass is 16.6. The van der Waals surface area contributed by atoms with E-state index in [0.29, 0.717) is 18.1 Å². The fourth-order valence-electron chi connectivity index (χ4n) is 2.45. The van der Waals surface area contributed by atoms with E-state index in [4.69, 9.17) is 13.9 Å². The second-order valence-corrected chi connectivity index (χ2v) is 4.91. The van der Waals surface area contributed by atoms with Crippen LogP contribution < -0.4 is 4.74 Å². The molecule has 22 heavy (non-hydrogen) atoms. The van der Waals surface area contributed by atoms with Crippen molar-refractivity contribution in [2.75, 3.05) is 13.7 Å². The third-order valence-electron chi connectivity index (χ3n) is 3.49. The average Bonchev–Trinajstić information content (AvgIpc) is 3.08. The summed E-state index contributed by atoms with van der Waals surface area (Å²) < 4.78 is 16.1. The maximum atomic E-state index is 11.9. The van der Waals surface area contributed by atoms with Crippen LogP contribution in [0.4, 0.5) is 0 Å². The van der Waals surface area contributed by atoms with Crippen LogP contribution >= 0.6 is 0 Å². The Morgan fingerprint density at radius 1 is 1.41 bits per heavy atom. The summed E-state index contributed by atoms with van der Waals surface area (Å²) in [5.74, 6) is -0.0539. The van der Waals surface area contributed by atoms with Crippen LogP contribution in [0.2, 0.25) is 0 Å². The van der Waals surface area contributed by atoms with E-state index in [0.717, 1.165) is 29.1 Å². The number of hydrogen-bond donors (Lipinski definition) is 1. The first-order valence-electron chi connectivity index (χ1n) is 7.11. The van der Waals surface area contributed by atoms with E-state index in [-0.39, 0.29) is 5.76 Å². The molecule has 3 rings (SSSR count). The zero-order chi connectivity index (χ0) is 15.5. The summed E-state index contributed by atoms with van der Waals surface area (Å²) in [5.41, 5.74) is 1.52. The van der Waals surface area contributed by atoms with Gasteiger partial charge >= 0.3 is 5.97 Å². The molecular formula is C17H17NO4. The van der Waals surface area contributed by atoms with Gasteiger partial charge in [0.05, 0.1) is 19.1 Å². The molecule has 5 nitrogen and oxygen atoms in total. The Morgan fingerprint density at radius 3 is 3.00 bits per heavy atom. The van der Waals surface area contributed by atoms with E-state index >= 15 is 0 Å². The molecule has 0 aliphatic carbocycles. The highest BCUT2D eigenvalue weighted by Gasteiger charge is 2.24. The summed E-state index contributed by atoms with van der Waals surface area (Å²) in [4.78, 5) is 15.1. The van der Waals surface area contributed by atoms with Gasteiger partial charge in [0.25, 0.3) is 5.95 Å². The van der Waals surface area contributed by atoms with Crippen molar-refractivity contribution in [3.8, 4) is 5.95 Å². The Kier molecular flexibility index (Phi) is 3.87. The summed E-state index contributed by atoms with van der Waals surface area (Å²) in [6.07, 6.45) is 3.54. The number of benzene rings is 1. The van der Waals surface area contributed by atoms with Crippen LogP contribution in [0.1, 0.15) is 23.4 Å². The molecule has 0 amide bonds. The number of H-pyrrole nitrogens is 1. The number of rotatable bonds is 6. The number of esters is 1. The fourth-order valence-corrected chi connectivity index (χ4v) is 2.45. The van der Waals surface area contributed by atoms with E-state index in [1.54, 1.807) is 0 Å². The van der Waals surface area contributed by atoms with Crippen LogP contribution in [-0.4, -0.2) is 24.7 Å². The van der Waals surface area contributed by atoms with Gasteiger partial charge in [0.2, 0.25) is 5.76 Å². The third-order valence-corrected chi connectivity index (χ3v) is 3.49. The number of carbonyl (C=O) groups excluding carboxylic acids is 1. The molecule has 1 aromatic carbocycles. The molecule has 0 aliphatic heterocycles. The highest BCUT2D eigenvalue weighted by Crippen LogP contribution is 2.38. The number of ether oxygens (including phenoxy) is 2. The minimum atomic E-state index is -0.530. The number of fused-ring (bicyclic) bond motifs is 3. The van der Waals surface area contributed by atoms with Gasteiger partial charge in [0.1, 0.15) is 5.52 Å². The minimum absolute atomic E-state index is 0.132. The van der Waals surface area contributed by atoms with Gasteiger partial charge in [0, 0.05) is 10.9 Å². The maximum absolute atomic E-state index is 11.9. The van der Waals surface area contributed by atoms with Crippen LogP contribution in [0, 0.1) is 0 Å². The molecule has 2 aromatic heterocycles. The van der Waals surface area contributed by atoms with Crippen LogP contribution in [0.3, 0.4) is 0 Å². The van der Waals surface area contributed by atoms with Gasteiger partial charge in [-0.15, -0.1) is 6.58 Å². The monoisotopic (exact) mass is 299 g/mol. The van der Waals surface area contributed by atoms with Gasteiger partial charge in [0.15, 0.2) is 0 Å². The molecule has 0 spiro atoms. The second-order valence-electron chi connectivity index (χ2n) is 4.91. The predicted molar refractivity (Wildman–Crippen MR) is 84.3 cm³/mol. The molecule has 2 heterocycles. The van der Waals surface area contributed by atoms with Crippen molar-refractivity contribution in [1.29, 1.82) is 0 Å². The Balaban J connectivity index is 2.09. The molecule has 5 heteroatoms. The average molecular weight is 299 g/mol. The van der Waals surface area contributed by atoms with Crippen molar-refractivity contribution >= 4 is 27.8 Å². The number of unbranched alkanes of at least 4 members (excludes halogenated alkanes) is 1. The largest absolute Gasteiger partial charge is 0.465 e.